The van der Waals surface area contributed by atoms with Crippen LogP contribution in [0.15, 0.2) is 0 Å². The molecule has 1 aliphatic heterocycles. The van der Waals surface area contributed by atoms with Gasteiger partial charge >= 0.3 is 27.3 Å². The number of ether oxygens (including phenoxy) is 1. The van der Waals surface area contributed by atoms with Crippen molar-refractivity contribution in [3.8, 4) is 0 Å². The van der Waals surface area contributed by atoms with E-state index in [1.165, 1.54) is 0 Å². The van der Waals surface area contributed by atoms with Crippen LogP contribution in [-0.2, 0) is 33.5 Å². The van der Waals surface area contributed by atoms with Crippen LogP contribution in [-0.4, -0.2) is 49.0 Å². The lowest BCUT2D eigenvalue weighted by molar-refractivity contribution is -0.190. The number of fused-ring (bicyclic) bond motifs is 3. The molecule has 1 heterocycles. The Morgan fingerprint density at radius 2 is 1.49 bits per heavy atom. The number of carbonyl (C=O) groups excluding carboxylic acids is 3. The highest BCUT2D eigenvalue weighted by Crippen LogP contribution is 2.53. The van der Waals surface area contributed by atoms with Crippen molar-refractivity contribution >= 4 is 27.9 Å². The third kappa shape index (κ3) is 5.02. The van der Waals surface area contributed by atoms with Crippen LogP contribution in [0.25, 0.3) is 0 Å². The third-order valence-corrected chi connectivity index (χ3v) is 9.70. The summed E-state index contributed by atoms with van der Waals surface area (Å²) in [6.07, 6.45) is 3.33. The molecule has 4 aliphatic rings. The molecule has 0 aromatic carbocycles. The second kappa shape index (κ2) is 9.77. The van der Waals surface area contributed by atoms with Crippen LogP contribution >= 0.6 is 0 Å². The lowest BCUT2D eigenvalue weighted by Crippen LogP contribution is -2.51. The van der Waals surface area contributed by atoms with Crippen molar-refractivity contribution in [1.82, 2.24) is 5.06 Å². The van der Waals surface area contributed by atoms with Gasteiger partial charge in [0.25, 0.3) is 11.8 Å². The average Bonchev–Trinajstić information content (AvgIpc) is 3.02. The Balaban J connectivity index is 1.40. The van der Waals surface area contributed by atoms with Crippen molar-refractivity contribution in [2.45, 2.75) is 89.2 Å². The van der Waals surface area contributed by atoms with Crippen LogP contribution in [0.2, 0.25) is 0 Å². The molecule has 4 fully saturated rings. The summed E-state index contributed by atoms with van der Waals surface area (Å²) in [6, 6.07) is 0. The first-order chi connectivity index (χ1) is 17.1. The fourth-order valence-electron chi connectivity index (χ4n) is 7.06. The van der Waals surface area contributed by atoms with Gasteiger partial charge < -0.3 is 4.74 Å². The Morgan fingerprint density at radius 3 is 2.00 bits per heavy atom. The molecule has 2 amide bonds. The summed E-state index contributed by atoms with van der Waals surface area (Å²) < 4.78 is 91.7. The van der Waals surface area contributed by atoms with E-state index in [0.29, 0.717) is 38.0 Å². The number of amides is 2. The van der Waals surface area contributed by atoms with E-state index in [0.717, 1.165) is 12.8 Å². The fourth-order valence-corrected chi connectivity index (χ4v) is 7.96. The van der Waals surface area contributed by atoms with Gasteiger partial charge in [-0.3, -0.25) is 14.4 Å². The monoisotopic (exact) mass is 555 g/mol. The van der Waals surface area contributed by atoms with Gasteiger partial charge in [-0.2, -0.15) is 26.0 Å². The zero-order valence-corrected chi connectivity index (χ0v) is 21.7. The summed E-state index contributed by atoms with van der Waals surface area (Å²) in [5, 5.41) is -6.10. The molecule has 37 heavy (non-hydrogen) atoms. The van der Waals surface area contributed by atoms with E-state index < -0.39 is 69.4 Å². The van der Waals surface area contributed by atoms with Gasteiger partial charge in [0.1, 0.15) is 0 Å². The normalized spacial score (nSPS) is 34.9. The zero-order chi connectivity index (χ0) is 27.4. The summed E-state index contributed by atoms with van der Waals surface area (Å²) >= 11 is 0. The number of hydrogen-bond donors (Lipinski definition) is 0. The Labute approximate surface area is 213 Å². The van der Waals surface area contributed by atoms with Gasteiger partial charge in [0.05, 0.1) is 30.3 Å². The van der Waals surface area contributed by atoms with E-state index >= 15 is 0 Å². The minimum Gasteiger partial charge on any atom is -0.465 e. The molecule has 0 aromatic rings. The van der Waals surface area contributed by atoms with Gasteiger partial charge in [0.15, 0.2) is 0 Å². The molecule has 2 bridgehead atoms. The molecule has 0 spiro atoms. The molecule has 1 saturated heterocycles. The van der Waals surface area contributed by atoms with Crippen LogP contribution in [0, 0.1) is 35.0 Å². The largest absolute Gasteiger partial charge is 0.465 e. The Morgan fingerprint density at radius 1 is 0.973 bits per heavy atom. The van der Waals surface area contributed by atoms with E-state index in [9.17, 15) is 40.4 Å². The van der Waals surface area contributed by atoms with Gasteiger partial charge in [-0.25, -0.2) is 0 Å². The van der Waals surface area contributed by atoms with Gasteiger partial charge in [-0.05, 0) is 62.7 Å². The number of hydrogen-bond acceptors (Lipinski definition) is 7. The molecule has 0 aromatic heterocycles. The predicted molar refractivity (Wildman–Crippen MR) is 120 cm³/mol. The highest BCUT2D eigenvalue weighted by Gasteiger charge is 2.68. The number of esters is 1. The van der Waals surface area contributed by atoms with E-state index in [4.69, 9.17) is 4.74 Å². The SMILES string of the molecule is CC1CC2CC(C)CC(C(=O)OCCC(F)(F)C(F)(F)S(=O)(=O)ON3C(=O)C4CCCCC4C3=O)(C1)C2. The molecule has 8 nitrogen and oxygen atoms in total. The number of halogens is 4. The first-order valence-electron chi connectivity index (χ1n) is 12.8. The third-order valence-electron chi connectivity index (χ3n) is 8.42. The highest BCUT2D eigenvalue weighted by molar-refractivity contribution is 7.87. The topological polar surface area (TPSA) is 107 Å². The zero-order valence-electron chi connectivity index (χ0n) is 20.9. The summed E-state index contributed by atoms with van der Waals surface area (Å²) in [7, 11) is -6.45. The Hall–Kier alpha value is -1.76. The molecule has 4 atom stereocenters. The molecule has 4 unspecified atom stereocenters. The highest BCUT2D eigenvalue weighted by atomic mass is 32.2. The van der Waals surface area contributed by atoms with Gasteiger partial charge in [0.2, 0.25) is 0 Å². The Bertz CT molecular complexity index is 1010. The summed E-state index contributed by atoms with van der Waals surface area (Å²) in [6.45, 7) is 2.86. The minimum absolute atomic E-state index is 0.228. The van der Waals surface area contributed by atoms with E-state index in [-0.39, 0.29) is 29.7 Å². The number of nitrogens with zero attached hydrogens (tertiary/aromatic N) is 1. The van der Waals surface area contributed by atoms with Gasteiger partial charge in [0, 0.05) is 0 Å². The van der Waals surface area contributed by atoms with Gasteiger partial charge in [-0.15, -0.1) is 9.35 Å². The van der Waals surface area contributed by atoms with E-state index in [1.807, 2.05) is 13.8 Å². The molecular formula is C24H33F4NO7S. The number of hydroxylamine groups is 2. The van der Waals surface area contributed by atoms with Crippen LogP contribution in [0.1, 0.15) is 78.1 Å². The van der Waals surface area contributed by atoms with Crippen molar-refractivity contribution < 1.29 is 49.4 Å². The first-order valence-corrected chi connectivity index (χ1v) is 14.3. The van der Waals surface area contributed by atoms with E-state index in [2.05, 4.69) is 4.28 Å². The quantitative estimate of drug-likeness (QED) is 0.248. The van der Waals surface area contributed by atoms with Crippen molar-refractivity contribution in [3.05, 3.63) is 0 Å². The number of carbonyl (C=O) groups is 3. The molecule has 0 N–H and O–H groups in total. The molecule has 210 valence electrons. The smallest absolute Gasteiger partial charge is 0.433 e. The molecular weight excluding hydrogens is 522 g/mol. The second-order valence-electron chi connectivity index (χ2n) is 11.5. The average molecular weight is 556 g/mol. The van der Waals surface area contributed by atoms with Crippen LogP contribution in [0.5, 0.6) is 0 Å². The molecule has 0 radical (unpaired) electrons. The lowest BCUT2D eigenvalue weighted by atomic mass is 9.57. The van der Waals surface area contributed by atoms with Crippen molar-refractivity contribution in [2.75, 3.05) is 6.61 Å². The number of alkyl halides is 4. The van der Waals surface area contributed by atoms with Crippen molar-refractivity contribution in [2.24, 2.45) is 35.0 Å². The first kappa shape index (κ1) is 28.3. The minimum atomic E-state index is -6.45. The maximum atomic E-state index is 14.6. The number of imide groups is 1. The predicted octanol–water partition coefficient (Wildman–Crippen LogP) is 4.44. The van der Waals surface area contributed by atoms with Gasteiger partial charge in [-0.1, -0.05) is 26.7 Å². The lowest BCUT2D eigenvalue weighted by Gasteiger charge is -2.48. The Kier molecular flexibility index (Phi) is 7.46. The maximum Gasteiger partial charge on any atom is 0.433 e. The summed E-state index contributed by atoms with van der Waals surface area (Å²) in [5.41, 5.74) is -0.861. The van der Waals surface area contributed by atoms with Crippen LogP contribution in [0.3, 0.4) is 0 Å². The molecule has 4 rings (SSSR count). The van der Waals surface area contributed by atoms with E-state index in [1.54, 1.807) is 0 Å². The molecule has 3 aliphatic carbocycles. The standard InChI is InChI=1S/C24H33F4NO7S/c1-14-9-16-10-15(2)12-22(11-14,13-16)21(32)35-8-7-23(25,26)24(27,28)37(33,34)36-29-19(30)17-5-3-4-6-18(17)20(29)31/h14-18H,3-13H2,1-2H3. The van der Waals surface area contributed by atoms with Crippen molar-refractivity contribution in [3.63, 3.8) is 0 Å². The fraction of sp³-hybridized carbons (Fsp3) is 0.875. The number of rotatable bonds is 8. The molecule has 13 heteroatoms. The van der Waals surface area contributed by atoms with Crippen LogP contribution in [0.4, 0.5) is 17.6 Å². The second-order valence-corrected chi connectivity index (χ2v) is 13.1. The summed E-state index contributed by atoms with van der Waals surface area (Å²) in [5.74, 6) is -9.29. The summed E-state index contributed by atoms with van der Waals surface area (Å²) in [4.78, 5) is 37.6. The maximum absolute atomic E-state index is 14.6. The molecule has 3 saturated carbocycles. The van der Waals surface area contributed by atoms with Crippen molar-refractivity contribution in [1.29, 1.82) is 0 Å². The van der Waals surface area contributed by atoms with Crippen LogP contribution < -0.4 is 0 Å².